The van der Waals surface area contributed by atoms with Crippen LogP contribution in [0.3, 0.4) is 0 Å². The van der Waals surface area contributed by atoms with Gasteiger partial charge in [-0.25, -0.2) is 0 Å². The predicted molar refractivity (Wildman–Crippen MR) is 61.8 cm³/mol. The van der Waals surface area contributed by atoms with Crippen molar-refractivity contribution in [3.05, 3.63) is 63.5 Å². The number of aromatic nitrogens is 1. The molecule has 0 N–H and O–H groups in total. The average molecular weight is 220 g/mol. The van der Waals surface area contributed by atoms with Crippen molar-refractivity contribution in [2.75, 3.05) is 0 Å². The van der Waals surface area contributed by atoms with Gasteiger partial charge in [0.15, 0.2) is 0 Å². The summed E-state index contributed by atoms with van der Waals surface area (Å²) in [5.41, 5.74) is 1.60. The number of aryl methyl sites for hydroxylation is 1. The first kappa shape index (κ1) is 9.99. The molecule has 0 amide bonds. The number of pyridine rings is 1. The number of rotatable bonds is 1. The zero-order valence-electron chi connectivity index (χ0n) is 8.27. The van der Waals surface area contributed by atoms with E-state index in [1.165, 1.54) is 0 Å². The van der Waals surface area contributed by atoms with Crippen molar-refractivity contribution >= 4 is 11.6 Å². The number of hydrogen-bond acceptors (Lipinski definition) is 1. The van der Waals surface area contributed by atoms with Gasteiger partial charge in [-0.2, -0.15) is 0 Å². The van der Waals surface area contributed by atoms with E-state index in [0.717, 1.165) is 11.3 Å². The standard InChI is InChI=1S/C12H10ClNO/c1-9-7-11(13)12(15)14(8-9)10-5-3-2-4-6-10/h2-8H,1H3. The van der Waals surface area contributed by atoms with E-state index in [2.05, 4.69) is 0 Å². The molecule has 0 fully saturated rings. The quantitative estimate of drug-likeness (QED) is 0.723. The summed E-state index contributed by atoms with van der Waals surface area (Å²) in [7, 11) is 0. The van der Waals surface area contributed by atoms with Crippen molar-refractivity contribution in [3.8, 4) is 5.69 Å². The van der Waals surface area contributed by atoms with Crippen molar-refractivity contribution in [1.82, 2.24) is 4.57 Å². The van der Waals surface area contributed by atoms with E-state index < -0.39 is 0 Å². The average Bonchev–Trinajstić information content (AvgIpc) is 2.24. The number of para-hydroxylation sites is 1. The molecule has 0 radical (unpaired) electrons. The Kier molecular flexibility index (Phi) is 2.60. The fraction of sp³-hybridized carbons (Fsp3) is 0.0833. The summed E-state index contributed by atoms with van der Waals surface area (Å²) in [6.45, 7) is 1.91. The van der Waals surface area contributed by atoms with Gasteiger partial charge in [-0.15, -0.1) is 0 Å². The molecule has 2 aromatic rings. The highest BCUT2D eigenvalue weighted by Gasteiger charge is 2.03. The van der Waals surface area contributed by atoms with Gasteiger partial charge in [-0.1, -0.05) is 29.8 Å². The van der Waals surface area contributed by atoms with Gasteiger partial charge in [-0.3, -0.25) is 9.36 Å². The number of halogens is 1. The molecule has 0 aliphatic heterocycles. The highest BCUT2D eigenvalue weighted by Crippen LogP contribution is 2.09. The molecule has 3 heteroatoms. The van der Waals surface area contributed by atoms with Crippen LogP contribution in [0.15, 0.2) is 47.4 Å². The van der Waals surface area contributed by atoms with Crippen LogP contribution in [0, 0.1) is 6.92 Å². The summed E-state index contributed by atoms with van der Waals surface area (Å²) in [6.07, 6.45) is 1.78. The fourth-order valence-electron chi connectivity index (χ4n) is 1.46. The van der Waals surface area contributed by atoms with E-state index >= 15 is 0 Å². The topological polar surface area (TPSA) is 22.0 Å². The fourth-order valence-corrected chi connectivity index (χ4v) is 1.72. The first-order valence-electron chi connectivity index (χ1n) is 4.63. The van der Waals surface area contributed by atoms with Gasteiger partial charge in [0, 0.05) is 11.9 Å². The van der Waals surface area contributed by atoms with Crippen LogP contribution in [0.25, 0.3) is 5.69 Å². The highest BCUT2D eigenvalue weighted by atomic mass is 35.5. The van der Waals surface area contributed by atoms with E-state index in [4.69, 9.17) is 11.6 Å². The van der Waals surface area contributed by atoms with Crippen molar-refractivity contribution in [1.29, 1.82) is 0 Å². The summed E-state index contributed by atoms with van der Waals surface area (Å²) >= 11 is 5.84. The second-order valence-corrected chi connectivity index (χ2v) is 3.78. The Bertz CT molecular complexity index is 531. The van der Waals surface area contributed by atoms with Gasteiger partial charge in [0.05, 0.1) is 0 Å². The first-order chi connectivity index (χ1) is 7.18. The van der Waals surface area contributed by atoms with E-state index in [1.807, 2.05) is 37.3 Å². The molecule has 0 spiro atoms. The Hall–Kier alpha value is -1.54. The molecule has 0 saturated heterocycles. The van der Waals surface area contributed by atoms with Crippen LogP contribution in [-0.4, -0.2) is 4.57 Å². The summed E-state index contributed by atoms with van der Waals surface area (Å²) in [5.74, 6) is 0. The predicted octanol–water partition coefficient (Wildman–Crippen LogP) is 2.80. The Morgan fingerprint density at radius 2 is 1.87 bits per heavy atom. The van der Waals surface area contributed by atoms with Crippen molar-refractivity contribution in [2.24, 2.45) is 0 Å². The zero-order valence-corrected chi connectivity index (χ0v) is 9.03. The molecule has 0 aliphatic rings. The lowest BCUT2D eigenvalue weighted by molar-refractivity contribution is 0.977. The van der Waals surface area contributed by atoms with E-state index in [9.17, 15) is 4.79 Å². The van der Waals surface area contributed by atoms with Crippen LogP contribution in [0.5, 0.6) is 0 Å². The molecular weight excluding hydrogens is 210 g/mol. The van der Waals surface area contributed by atoms with Crippen molar-refractivity contribution < 1.29 is 0 Å². The summed E-state index contributed by atoms with van der Waals surface area (Å²) in [6, 6.07) is 11.1. The number of benzene rings is 1. The van der Waals surface area contributed by atoms with E-state index in [-0.39, 0.29) is 10.6 Å². The molecule has 0 atom stereocenters. The summed E-state index contributed by atoms with van der Waals surface area (Å²) in [5, 5.41) is 0.249. The summed E-state index contributed by atoms with van der Waals surface area (Å²) < 4.78 is 1.55. The Labute approximate surface area is 92.7 Å². The SMILES string of the molecule is Cc1cc(Cl)c(=O)n(-c2ccccc2)c1. The van der Waals surface area contributed by atoms with Crippen LogP contribution >= 0.6 is 11.6 Å². The number of nitrogens with zero attached hydrogens (tertiary/aromatic N) is 1. The maximum absolute atomic E-state index is 11.8. The van der Waals surface area contributed by atoms with Crippen LogP contribution in [0.2, 0.25) is 5.02 Å². The lowest BCUT2D eigenvalue weighted by Gasteiger charge is -2.06. The molecule has 1 aromatic heterocycles. The number of hydrogen-bond donors (Lipinski definition) is 0. The third-order valence-corrected chi connectivity index (χ3v) is 2.42. The molecule has 15 heavy (non-hydrogen) atoms. The second-order valence-electron chi connectivity index (χ2n) is 3.38. The van der Waals surface area contributed by atoms with E-state index in [1.54, 1.807) is 16.8 Å². The van der Waals surface area contributed by atoms with Gasteiger partial charge in [0.1, 0.15) is 5.02 Å². The molecule has 76 valence electrons. The lowest BCUT2D eigenvalue weighted by atomic mass is 10.2. The Morgan fingerprint density at radius 3 is 2.53 bits per heavy atom. The van der Waals surface area contributed by atoms with Crippen LogP contribution < -0.4 is 5.56 Å². The smallest absolute Gasteiger partial charge is 0.273 e. The highest BCUT2D eigenvalue weighted by molar-refractivity contribution is 6.30. The van der Waals surface area contributed by atoms with Gasteiger partial charge in [0.2, 0.25) is 0 Å². The second kappa shape index (κ2) is 3.91. The maximum Gasteiger partial charge on any atom is 0.273 e. The minimum absolute atomic E-state index is 0.187. The molecule has 0 unspecified atom stereocenters. The molecular formula is C12H10ClNO. The first-order valence-corrected chi connectivity index (χ1v) is 5.00. The Morgan fingerprint density at radius 1 is 1.20 bits per heavy atom. The van der Waals surface area contributed by atoms with Crippen LogP contribution in [0.4, 0.5) is 0 Å². The van der Waals surface area contributed by atoms with Gasteiger partial charge < -0.3 is 0 Å². The maximum atomic E-state index is 11.8. The van der Waals surface area contributed by atoms with Gasteiger partial charge in [0.25, 0.3) is 5.56 Å². The van der Waals surface area contributed by atoms with Crippen LogP contribution in [-0.2, 0) is 0 Å². The molecule has 2 rings (SSSR count). The third kappa shape index (κ3) is 1.95. The van der Waals surface area contributed by atoms with Crippen LogP contribution in [0.1, 0.15) is 5.56 Å². The molecule has 2 nitrogen and oxygen atoms in total. The summed E-state index contributed by atoms with van der Waals surface area (Å²) in [4.78, 5) is 11.8. The molecule has 1 aromatic carbocycles. The van der Waals surface area contributed by atoms with Crippen molar-refractivity contribution in [2.45, 2.75) is 6.92 Å². The largest absolute Gasteiger partial charge is 0.283 e. The monoisotopic (exact) mass is 219 g/mol. The van der Waals surface area contributed by atoms with Crippen molar-refractivity contribution in [3.63, 3.8) is 0 Å². The molecule has 0 bridgehead atoms. The zero-order chi connectivity index (χ0) is 10.8. The molecule has 0 aliphatic carbocycles. The van der Waals surface area contributed by atoms with Gasteiger partial charge >= 0.3 is 0 Å². The van der Waals surface area contributed by atoms with Gasteiger partial charge in [-0.05, 0) is 30.7 Å². The normalized spacial score (nSPS) is 10.3. The lowest BCUT2D eigenvalue weighted by Crippen LogP contribution is -2.18. The minimum atomic E-state index is -0.187. The molecule has 1 heterocycles. The minimum Gasteiger partial charge on any atom is -0.283 e. The molecule has 0 saturated carbocycles. The van der Waals surface area contributed by atoms with E-state index in [0.29, 0.717) is 0 Å². The third-order valence-electron chi connectivity index (χ3n) is 2.14. The Balaban J connectivity index is 2.69.